The molecule has 0 radical (unpaired) electrons. The van der Waals surface area contributed by atoms with E-state index in [2.05, 4.69) is 15.6 Å². The van der Waals surface area contributed by atoms with Crippen molar-refractivity contribution < 1.29 is 9.59 Å². The third kappa shape index (κ3) is 3.26. The Morgan fingerprint density at radius 1 is 1.47 bits per heavy atom. The molecule has 0 unspecified atom stereocenters. The van der Waals surface area contributed by atoms with Gasteiger partial charge in [-0.3, -0.25) is 9.59 Å². The van der Waals surface area contributed by atoms with Gasteiger partial charge in [0.05, 0.1) is 12.1 Å². The van der Waals surface area contributed by atoms with E-state index >= 15 is 0 Å². The summed E-state index contributed by atoms with van der Waals surface area (Å²) in [4.78, 5) is 25.5. The third-order valence-electron chi connectivity index (χ3n) is 1.76. The first-order valence-electron chi connectivity index (χ1n) is 4.34. The number of aromatic nitrogens is 1. The molecule has 2 amide bonds. The van der Waals surface area contributed by atoms with Gasteiger partial charge in [-0.15, -0.1) is 0 Å². The van der Waals surface area contributed by atoms with E-state index in [0.717, 1.165) is 0 Å². The van der Waals surface area contributed by atoms with Gasteiger partial charge in [0.1, 0.15) is 5.82 Å². The lowest BCUT2D eigenvalue weighted by atomic mass is 10.3. The van der Waals surface area contributed by atoms with Gasteiger partial charge in [-0.05, 0) is 12.1 Å². The van der Waals surface area contributed by atoms with E-state index in [1.165, 1.54) is 6.20 Å². The number of nitrogens with two attached hydrogens (primary N) is 1. The number of hydrogen-bond acceptors (Lipinski definition) is 4. The maximum Gasteiger partial charge on any atom is 0.250 e. The smallest absolute Gasteiger partial charge is 0.250 e. The van der Waals surface area contributed by atoms with Crippen LogP contribution in [-0.2, 0) is 4.79 Å². The summed E-state index contributed by atoms with van der Waals surface area (Å²) < 4.78 is 0. The monoisotopic (exact) mass is 208 g/mol. The van der Waals surface area contributed by atoms with E-state index in [9.17, 15) is 9.59 Å². The molecule has 1 aromatic rings. The largest absolute Gasteiger partial charge is 0.366 e. The Morgan fingerprint density at radius 3 is 2.67 bits per heavy atom. The summed E-state index contributed by atoms with van der Waals surface area (Å²) in [5, 5.41) is 5.25. The van der Waals surface area contributed by atoms with Gasteiger partial charge in [0, 0.05) is 13.2 Å². The summed E-state index contributed by atoms with van der Waals surface area (Å²) in [6.45, 7) is 0.138. The lowest BCUT2D eigenvalue weighted by Gasteiger charge is -2.04. The zero-order valence-corrected chi connectivity index (χ0v) is 8.28. The number of likely N-dealkylation sites (N-methyl/N-ethyl adjacent to an activating group) is 1. The summed E-state index contributed by atoms with van der Waals surface area (Å²) in [7, 11) is 1.55. The fraction of sp³-hybridized carbons (Fsp3) is 0.222. The number of anilines is 1. The maximum atomic E-state index is 10.9. The lowest BCUT2D eigenvalue weighted by molar-refractivity contribution is -0.118. The van der Waals surface area contributed by atoms with Crippen molar-refractivity contribution in [3.05, 3.63) is 23.9 Å². The molecule has 0 aliphatic rings. The molecule has 4 N–H and O–H groups in total. The zero-order chi connectivity index (χ0) is 11.3. The molecule has 80 valence electrons. The van der Waals surface area contributed by atoms with E-state index in [1.807, 2.05) is 0 Å². The van der Waals surface area contributed by atoms with Crippen LogP contribution in [-0.4, -0.2) is 30.4 Å². The van der Waals surface area contributed by atoms with Crippen molar-refractivity contribution in [2.75, 3.05) is 18.9 Å². The number of carbonyl (C=O) groups is 2. The molecule has 0 atom stereocenters. The van der Waals surface area contributed by atoms with Gasteiger partial charge >= 0.3 is 0 Å². The number of amides is 2. The number of pyridine rings is 1. The second kappa shape index (κ2) is 4.94. The van der Waals surface area contributed by atoms with E-state index in [1.54, 1.807) is 19.2 Å². The van der Waals surface area contributed by atoms with Crippen LogP contribution in [0.3, 0.4) is 0 Å². The van der Waals surface area contributed by atoms with Crippen LogP contribution in [0.5, 0.6) is 0 Å². The number of nitrogens with zero attached hydrogens (tertiary/aromatic N) is 1. The van der Waals surface area contributed by atoms with Crippen molar-refractivity contribution in [1.29, 1.82) is 0 Å². The first kappa shape index (κ1) is 11.0. The van der Waals surface area contributed by atoms with Crippen molar-refractivity contribution >= 4 is 17.6 Å². The molecule has 0 bridgehead atoms. The van der Waals surface area contributed by atoms with Crippen molar-refractivity contribution in [1.82, 2.24) is 10.3 Å². The number of rotatable bonds is 4. The lowest BCUT2D eigenvalue weighted by Crippen LogP contribution is -2.26. The Kier molecular flexibility index (Phi) is 3.61. The predicted molar refractivity (Wildman–Crippen MR) is 55.3 cm³/mol. The third-order valence-corrected chi connectivity index (χ3v) is 1.76. The highest BCUT2D eigenvalue weighted by atomic mass is 16.2. The molecule has 6 nitrogen and oxygen atoms in total. The number of primary amides is 1. The minimum absolute atomic E-state index is 0.138. The van der Waals surface area contributed by atoms with Crippen molar-refractivity contribution in [2.24, 2.45) is 5.73 Å². The topological polar surface area (TPSA) is 97.1 Å². The van der Waals surface area contributed by atoms with Crippen LogP contribution in [0.15, 0.2) is 18.3 Å². The molecule has 0 saturated heterocycles. The summed E-state index contributed by atoms with van der Waals surface area (Å²) in [6, 6.07) is 3.13. The fourth-order valence-corrected chi connectivity index (χ4v) is 0.903. The van der Waals surface area contributed by atoms with Crippen LogP contribution >= 0.6 is 0 Å². The molecular weight excluding hydrogens is 196 g/mol. The Balaban J connectivity index is 2.57. The predicted octanol–water partition coefficient (Wildman–Crippen LogP) is -0.662. The summed E-state index contributed by atoms with van der Waals surface area (Å²) in [5.41, 5.74) is 5.38. The van der Waals surface area contributed by atoms with Gasteiger partial charge in [-0.2, -0.15) is 0 Å². The van der Waals surface area contributed by atoms with E-state index in [4.69, 9.17) is 5.73 Å². The average Bonchev–Trinajstić information content (AvgIpc) is 2.26. The minimum atomic E-state index is -0.527. The molecule has 0 aromatic carbocycles. The van der Waals surface area contributed by atoms with Crippen molar-refractivity contribution in [2.45, 2.75) is 0 Å². The van der Waals surface area contributed by atoms with Crippen molar-refractivity contribution in [3.8, 4) is 0 Å². The van der Waals surface area contributed by atoms with E-state index in [0.29, 0.717) is 11.4 Å². The number of hydrogen-bond donors (Lipinski definition) is 3. The van der Waals surface area contributed by atoms with Gasteiger partial charge in [0.25, 0.3) is 0 Å². The molecule has 6 heteroatoms. The van der Waals surface area contributed by atoms with Gasteiger partial charge in [0.2, 0.25) is 11.8 Å². The van der Waals surface area contributed by atoms with Crippen LogP contribution in [0.25, 0.3) is 0 Å². The van der Waals surface area contributed by atoms with Gasteiger partial charge in [0.15, 0.2) is 0 Å². The minimum Gasteiger partial charge on any atom is -0.366 e. The molecule has 0 fully saturated rings. The molecule has 0 aliphatic heterocycles. The number of nitrogens with one attached hydrogen (secondary N) is 2. The van der Waals surface area contributed by atoms with Gasteiger partial charge in [-0.25, -0.2) is 4.98 Å². The van der Waals surface area contributed by atoms with E-state index < -0.39 is 5.91 Å². The highest BCUT2D eigenvalue weighted by Gasteiger charge is 2.01. The Hall–Kier alpha value is -2.11. The zero-order valence-electron chi connectivity index (χ0n) is 8.28. The molecule has 0 aliphatic carbocycles. The Labute approximate surface area is 86.9 Å². The molecule has 1 heterocycles. The SMILES string of the molecule is CNC(=O)CNc1ccc(C(N)=O)cn1. The summed E-state index contributed by atoms with van der Waals surface area (Å²) in [6.07, 6.45) is 1.36. The molecule has 1 rings (SSSR count). The van der Waals surface area contributed by atoms with Crippen LogP contribution in [0.1, 0.15) is 10.4 Å². The second-order valence-corrected chi connectivity index (χ2v) is 2.82. The summed E-state index contributed by atoms with van der Waals surface area (Å²) >= 11 is 0. The van der Waals surface area contributed by atoms with Gasteiger partial charge in [-0.1, -0.05) is 0 Å². The van der Waals surface area contributed by atoms with Crippen molar-refractivity contribution in [3.63, 3.8) is 0 Å². The first-order chi connectivity index (χ1) is 7.13. The Morgan fingerprint density at radius 2 is 2.20 bits per heavy atom. The highest BCUT2D eigenvalue weighted by Crippen LogP contribution is 2.03. The first-order valence-corrected chi connectivity index (χ1v) is 4.34. The quantitative estimate of drug-likeness (QED) is 0.611. The van der Waals surface area contributed by atoms with E-state index in [-0.39, 0.29) is 12.5 Å². The summed E-state index contributed by atoms with van der Waals surface area (Å²) in [5.74, 6) is -0.153. The standard InChI is InChI=1S/C9H12N4O2/c1-11-8(14)5-13-7-3-2-6(4-12-7)9(10)15/h2-4H,5H2,1H3,(H2,10,15)(H,11,14)(H,12,13). The highest BCUT2D eigenvalue weighted by molar-refractivity contribution is 5.92. The van der Waals surface area contributed by atoms with Crippen LogP contribution < -0.4 is 16.4 Å². The molecule has 15 heavy (non-hydrogen) atoms. The maximum absolute atomic E-state index is 10.9. The Bertz CT molecular complexity index is 361. The molecular formula is C9H12N4O2. The molecule has 1 aromatic heterocycles. The second-order valence-electron chi connectivity index (χ2n) is 2.82. The van der Waals surface area contributed by atoms with Crippen LogP contribution in [0.4, 0.5) is 5.82 Å². The average molecular weight is 208 g/mol. The van der Waals surface area contributed by atoms with Crippen LogP contribution in [0, 0.1) is 0 Å². The van der Waals surface area contributed by atoms with Crippen LogP contribution in [0.2, 0.25) is 0 Å². The van der Waals surface area contributed by atoms with Gasteiger partial charge < -0.3 is 16.4 Å². The fourth-order valence-electron chi connectivity index (χ4n) is 0.903. The number of carbonyl (C=O) groups excluding carboxylic acids is 2. The molecule has 0 saturated carbocycles. The molecule has 0 spiro atoms. The normalized spacial score (nSPS) is 9.40.